The molecule has 3 heteroatoms. The van der Waals surface area contributed by atoms with E-state index in [2.05, 4.69) is 0 Å². The van der Waals surface area contributed by atoms with Crippen molar-refractivity contribution in [1.29, 1.82) is 0 Å². The third kappa shape index (κ3) is 3.22. The van der Waals surface area contributed by atoms with Gasteiger partial charge in [-0.15, -0.1) is 0 Å². The zero-order chi connectivity index (χ0) is 11.1. The molecule has 1 atom stereocenters. The molecule has 0 aliphatic rings. The third-order valence-electron chi connectivity index (χ3n) is 2.15. The van der Waals surface area contributed by atoms with Gasteiger partial charge in [0.1, 0.15) is 5.75 Å². The molecule has 1 aromatic carbocycles. The van der Waals surface area contributed by atoms with Gasteiger partial charge < -0.3 is 15.2 Å². The van der Waals surface area contributed by atoms with Gasteiger partial charge in [-0.2, -0.15) is 0 Å². The molecule has 0 amide bonds. The Morgan fingerprint density at radius 1 is 1.20 bits per heavy atom. The fraction of sp³-hybridized carbons (Fsp3) is 0.500. The lowest BCUT2D eigenvalue weighted by Crippen LogP contribution is -2.16. The quantitative estimate of drug-likeness (QED) is 0.780. The van der Waals surface area contributed by atoms with Crippen LogP contribution in [0, 0.1) is 0 Å². The first kappa shape index (κ1) is 12.0. The van der Waals surface area contributed by atoms with E-state index < -0.39 is 0 Å². The maximum atomic E-state index is 5.68. The van der Waals surface area contributed by atoms with E-state index in [1.807, 2.05) is 38.1 Å². The highest BCUT2D eigenvalue weighted by Crippen LogP contribution is 2.26. The smallest absolute Gasteiger partial charge is 0.125 e. The Kier molecular flexibility index (Phi) is 5.15. The van der Waals surface area contributed by atoms with Gasteiger partial charge in [0.2, 0.25) is 0 Å². The number of benzene rings is 1. The Morgan fingerprint density at radius 2 is 1.93 bits per heavy atom. The maximum Gasteiger partial charge on any atom is 0.125 e. The first-order chi connectivity index (χ1) is 7.33. The SMILES string of the molecule is CCOc1ccccc1C(CN)OCC. The van der Waals surface area contributed by atoms with Crippen molar-refractivity contribution in [2.24, 2.45) is 5.73 Å². The van der Waals surface area contributed by atoms with Crippen molar-refractivity contribution in [3.05, 3.63) is 29.8 Å². The van der Waals surface area contributed by atoms with Gasteiger partial charge in [0.15, 0.2) is 0 Å². The maximum absolute atomic E-state index is 5.68. The second kappa shape index (κ2) is 6.43. The van der Waals surface area contributed by atoms with Crippen molar-refractivity contribution < 1.29 is 9.47 Å². The molecule has 1 aromatic rings. The van der Waals surface area contributed by atoms with Crippen LogP contribution >= 0.6 is 0 Å². The van der Waals surface area contributed by atoms with Crippen LogP contribution in [0.4, 0.5) is 0 Å². The van der Waals surface area contributed by atoms with E-state index in [0.29, 0.717) is 19.8 Å². The first-order valence-electron chi connectivity index (χ1n) is 5.36. The van der Waals surface area contributed by atoms with Crippen LogP contribution in [0.3, 0.4) is 0 Å². The third-order valence-corrected chi connectivity index (χ3v) is 2.15. The van der Waals surface area contributed by atoms with Gasteiger partial charge >= 0.3 is 0 Å². The standard InChI is InChI=1S/C12H19NO2/c1-3-14-11-8-6-5-7-10(11)12(9-13)15-4-2/h5-8,12H,3-4,9,13H2,1-2H3. The van der Waals surface area contributed by atoms with E-state index in [1.54, 1.807) is 0 Å². The average molecular weight is 209 g/mol. The summed E-state index contributed by atoms with van der Waals surface area (Å²) >= 11 is 0. The van der Waals surface area contributed by atoms with Crippen molar-refractivity contribution in [3.8, 4) is 5.75 Å². The van der Waals surface area contributed by atoms with Crippen molar-refractivity contribution in [2.75, 3.05) is 19.8 Å². The second-order valence-electron chi connectivity index (χ2n) is 3.15. The number of ether oxygens (including phenoxy) is 2. The molecular formula is C12H19NO2. The van der Waals surface area contributed by atoms with E-state index >= 15 is 0 Å². The minimum absolute atomic E-state index is 0.0715. The van der Waals surface area contributed by atoms with Crippen molar-refractivity contribution in [3.63, 3.8) is 0 Å². The normalized spacial score (nSPS) is 12.5. The minimum Gasteiger partial charge on any atom is -0.493 e. The minimum atomic E-state index is -0.0715. The van der Waals surface area contributed by atoms with Gasteiger partial charge in [-0.1, -0.05) is 18.2 Å². The van der Waals surface area contributed by atoms with Crippen LogP contribution in [0.15, 0.2) is 24.3 Å². The molecule has 3 nitrogen and oxygen atoms in total. The van der Waals surface area contributed by atoms with Crippen molar-refractivity contribution in [1.82, 2.24) is 0 Å². The van der Waals surface area contributed by atoms with Crippen molar-refractivity contribution in [2.45, 2.75) is 20.0 Å². The summed E-state index contributed by atoms with van der Waals surface area (Å²) in [5, 5.41) is 0. The van der Waals surface area contributed by atoms with E-state index in [9.17, 15) is 0 Å². The molecule has 0 fully saturated rings. The Labute approximate surface area is 91.2 Å². The summed E-state index contributed by atoms with van der Waals surface area (Å²) in [4.78, 5) is 0. The highest BCUT2D eigenvalue weighted by molar-refractivity contribution is 5.35. The fourth-order valence-corrected chi connectivity index (χ4v) is 1.52. The molecule has 15 heavy (non-hydrogen) atoms. The number of para-hydroxylation sites is 1. The van der Waals surface area contributed by atoms with Gasteiger partial charge in [0.25, 0.3) is 0 Å². The van der Waals surface area contributed by atoms with Crippen LogP contribution in [0.5, 0.6) is 5.75 Å². The molecular weight excluding hydrogens is 190 g/mol. The van der Waals surface area contributed by atoms with Crippen LogP contribution in [0.25, 0.3) is 0 Å². The Hall–Kier alpha value is -1.06. The Morgan fingerprint density at radius 3 is 2.53 bits per heavy atom. The van der Waals surface area contributed by atoms with Crippen LogP contribution in [-0.4, -0.2) is 19.8 Å². The second-order valence-corrected chi connectivity index (χ2v) is 3.15. The molecule has 0 aliphatic heterocycles. The molecule has 0 spiro atoms. The highest BCUT2D eigenvalue weighted by atomic mass is 16.5. The zero-order valence-corrected chi connectivity index (χ0v) is 9.40. The molecule has 0 saturated carbocycles. The number of hydrogen-bond donors (Lipinski definition) is 1. The lowest BCUT2D eigenvalue weighted by molar-refractivity contribution is 0.0666. The van der Waals surface area contributed by atoms with E-state index in [4.69, 9.17) is 15.2 Å². The Balaban J connectivity index is 2.88. The number of nitrogens with two attached hydrogens (primary N) is 1. The predicted octanol–water partition coefficient (Wildman–Crippen LogP) is 2.12. The van der Waals surface area contributed by atoms with Crippen LogP contribution in [0.1, 0.15) is 25.5 Å². The molecule has 0 aliphatic carbocycles. The van der Waals surface area contributed by atoms with Crippen LogP contribution in [0.2, 0.25) is 0 Å². The molecule has 0 bridgehead atoms. The van der Waals surface area contributed by atoms with E-state index in [-0.39, 0.29) is 6.10 Å². The topological polar surface area (TPSA) is 44.5 Å². The average Bonchev–Trinajstić information content (AvgIpc) is 2.27. The number of rotatable bonds is 6. The van der Waals surface area contributed by atoms with Gasteiger partial charge in [-0.05, 0) is 19.9 Å². The van der Waals surface area contributed by atoms with Gasteiger partial charge in [0, 0.05) is 18.7 Å². The monoisotopic (exact) mass is 209 g/mol. The molecule has 1 rings (SSSR count). The van der Waals surface area contributed by atoms with Gasteiger partial charge in [0.05, 0.1) is 12.7 Å². The highest BCUT2D eigenvalue weighted by Gasteiger charge is 2.13. The largest absolute Gasteiger partial charge is 0.493 e. The van der Waals surface area contributed by atoms with Gasteiger partial charge in [-0.25, -0.2) is 0 Å². The summed E-state index contributed by atoms with van der Waals surface area (Å²) in [6.07, 6.45) is -0.0715. The predicted molar refractivity (Wildman–Crippen MR) is 61.0 cm³/mol. The Bertz CT molecular complexity index is 289. The molecule has 0 radical (unpaired) electrons. The van der Waals surface area contributed by atoms with Crippen LogP contribution < -0.4 is 10.5 Å². The molecule has 1 unspecified atom stereocenters. The van der Waals surface area contributed by atoms with E-state index in [0.717, 1.165) is 11.3 Å². The molecule has 0 saturated heterocycles. The van der Waals surface area contributed by atoms with Crippen molar-refractivity contribution >= 4 is 0 Å². The van der Waals surface area contributed by atoms with Gasteiger partial charge in [-0.3, -0.25) is 0 Å². The van der Waals surface area contributed by atoms with E-state index in [1.165, 1.54) is 0 Å². The summed E-state index contributed by atoms with van der Waals surface area (Å²) in [6.45, 7) is 5.71. The molecule has 0 aromatic heterocycles. The summed E-state index contributed by atoms with van der Waals surface area (Å²) in [7, 11) is 0. The summed E-state index contributed by atoms with van der Waals surface area (Å²) in [6, 6.07) is 7.87. The fourth-order valence-electron chi connectivity index (χ4n) is 1.52. The first-order valence-corrected chi connectivity index (χ1v) is 5.36. The number of hydrogen-bond acceptors (Lipinski definition) is 3. The van der Waals surface area contributed by atoms with Crippen LogP contribution in [-0.2, 0) is 4.74 Å². The zero-order valence-electron chi connectivity index (χ0n) is 9.40. The lowest BCUT2D eigenvalue weighted by Gasteiger charge is -2.18. The summed E-state index contributed by atoms with van der Waals surface area (Å²) < 4.78 is 11.1. The lowest BCUT2D eigenvalue weighted by atomic mass is 10.1. The molecule has 84 valence electrons. The molecule has 0 heterocycles. The summed E-state index contributed by atoms with van der Waals surface area (Å²) in [5.74, 6) is 0.865. The summed E-state index contributed by atoms with van der Waals surface area (Å²) in [5.41, 5.74) is 6.71. The molecule has 2 N–H and O–H groups in total.